The standard InChI is InChI=1S/C19H28O12/c1-7(21)29-9-4-19(2,26)12-11(9)8(16(25)27-3)6-28-17(12)31-18-15(24)14(23)13(22)10(5-20)30-18/h6,9-15,17-18,20,22-24,26H,4-5H2,1-3H3/t9-,10-,11+,12-,13-,14+,15+,17+,18-,19+/m1/s1. The summed E-state index contributed by atoms with van der Waals surface area (Å²) in [7, 11) is 1.17. The van der Waals surface area contributed by atoms with Gasteiger partial charge in [0.15, 0.2) is 6.29 Å². The summed E-state index contributed by atoms with van der Waals surface area (Å²) in [6, 6.07) is 0. The van der Waals surface area contributed by atoms with E-state index in [-0.39, 0.29) is 12.0 Å². The highest BCUT2D eigenvalue weighted by Gasteiger charge is 2.61. The minimum atomic E-state index is -1.69. The highest BCUT2D eigenvalue weighted by molar-refractivity contribution is 5.89. The lowest BCUT2D eigenvalue weighted by molar-refractivity contribution is -0.346. The zero-order valence-electron chi connectivity index (χ0n) is 17.3. The van der Waals surface area contributed by atoms with Crippen LogP contribution in [0.15, 0.2) is 11.8 Å². The van der Waals surface area contributed by atoms with E-state index in [2.05, 4.69) is 0 Å². The van der Waals surface area contributed by atoms with Gasteiger partial charge in [-0.1, -0.05) is 0 Å². The largest absolute Gasteiger partial charge is 0.471 e. The molecule has 0 unspecified atom stereocenters. The van der Waals surface area contributed by atoms with Crippen molar-refractivity contribution in [2.24, 2.45) is 11.8 Å². The van der Waals surface area contributed by atoms with Crippen LogP contribution in [0.25, 0.3) is 0 Å². The van der Waals surface area contributed by atoms with Gasteiger partial charge in [0.2, 0.25) is 6.29 Å². The van der Waals surface area contributed by atoms with Gasteiger partial charge in [-0.2, -0.15) is 0 Å². The van der Waals surface area contributed by atoms with Crippen molar-refractivity contribution in [3.63, 3.8) is 0 Å². The van der Waals surface area contributed by atoms with Gasteiger partial charge < -0.3 is 49.2 Å². The van der Waals surface area contributed by atoms with Gasteiger partial charge in [-0.15, -0.1) is 0 Å². The Balaban J connectivity index is 1.90. The number of rotatable bonds is 5. The SMILES string of the molecule is COC(=O)C1=CO[C@@H](O[C@H]2O[C@H](CO)[C@@H](O)[C@H](O)[C@@H]2O)[C@H]2[C@@H]1[C@H](OC(C)=O)C[C@]2(C)O. The molecule has 2 aliphatic heterocycles. The Morgan fingerprint density at radius 3 is 2.45 bits per heavy atom. The molecular formula is C19H28O12. The maximum Gasteiger partial charge on any atom is 0.337 e. The van der Waals surface area contributed by atoms with E-state index in [4.69, 9.17) is 23.7 Å². The lowest BCUT2D eigenvalue weighted by Gasteiger charge is -2.44. The van der Waals surface area contributed by atoms with Crippen molar-refractivity contribution in [2.75, 3.05) is 13.7 Å². The summed E-state index contributed by atoms with van der Waals surface area (Å²) in [4.78, 5) is 23.9. The van der Waals surface area contributed by atoms with Crippen molar-refractivity contribution < 1.29 is 58.8 Å². The summed E-state index contributed by atoms with van der Waals surface area (Å²) in [5, 5.41) is 50.6. The van der Waals surface area contributed by atoms with E-state index in [0.717, 1.165) is 6.26 Å². The molecule has 0 radical (unpaired) electrons. The normalized spacial score (nSPS) is 44.6. The van der Waals surface area contributed by atoms with Crippen molar-refractivity contribution in [1.82, 2.24) is 0 Å². The third-order valence-corrected chi connectivity index (χ3v) is 5.96. The van der Waals surface area contributed by atoms with Crippen LogP contribution in [0.4, 0.5) is 0 Å². The zero-order valence-corrected chi connectivity index (χ0v) is 17.3. The summed E-state index contributed by atoms with van der Waals surface area (Å²) < 4.78 is 26.6. The molecule has 1 aliphatic carbocycles. The number of hydrogen-bond donors (Lipinski definition) is 5. The molecule has 0 bridgehead atoms. The quantitative estimate of drug-likeness (QED) is 0.280. The Hall–Kier alpha value is -1.80. The zero-order chi connectivity index (χ0) is 23.1. The minimum absolute atomic E-state index is 0.0326. The second-order valence-corrected chi connectivity index (χ2v) is 8.16. The molecule has 5 N–H and O–H groups in total. The number of aliphatic hydroxyl groups is 5. The fourth-order valence-electron chi connectivity index (χ4n) is 4.51. The van der Waals surface area contributed by atoms with Gasteiger partial charge in [0.05, 0.1) is 37.1 Å². The molecule has 0 aromatic carbocycles. The number of aliphatic hydroxyl groups excluding tert-OH is 4. The second kappa shape index (κ2) is 8.98. The number of fused-ring (bicyclic) bond motifs is 1. The van der Waals surface area contributed by atoms with Crippen LogP contribution < -0.4 is 0 Å². The van der Waals surface area contributed by atoms with Crippen LogP contribution in [-0.2, 0) is 33.3 Å². The van der Waals surface area contributed by atoms with Gasteiger partial charge in [0, 0.05) is 19.3 Å². The molecule has 176 valence electrons. The minimum Gasteiger partial charge on any atom is -0.471 e. The Bertz CT molecular complexity index is 719. The van der Waals surface area contributed by atoms with Crippen molar-refractivity contribution >= 4 is 11.9 Å². The number of esters is 2. The summed E-state index contributed by atoms with van der Waals surface area (Å²) in [5.74, 6) is -3.15. The van der Waals surface area contributed by atoms with Crippen LogP contribution in [0.5, 0.6) is 0 Å². The summed E-state index contributed by atoms with van der Waals surface area (Å²) in [6.07, 6.45) is -8.82. The van der Waals surface area contributed by atoms with Crippen LogP contribution >= 0.6 is 0 Å². The summed E-state index contributed by atoms with van der Waals surface area (Å²) >= 11 is 0. The van der Waals surface area contributed by atoms with Gasteiger partial charge in [-0.3, -0.25) is 4.79 Å². The lowest BCUT2D eigenvalue weighted by atomic mass is 9.80. The highest BCUT2D eigenvalue weighted by atomic mass is 16.8. The Labute approximate surface area is 177 Å². The molecule has 12 heteroatoms. The molecule has 31 heavy (non-hydrogen) atoms. The monoisotopic (exact) mass is 448 g/mol. The first-order valence-electron chi connectivity index (χ1n) is 9.81. The van der Waals surface area contributed by atoms with E-state index in [9.17, 15) is 35.1 Å². The van der Waals surface area contributed by atoms with E-state index >= 15 is 0 Å². The molecule has 3 rings (SSSR count). The Morgan fingerprint density at radius 1 is 1.19 bits per heavy atom. The molecule has 1 saturated heterocycles. The first-order valence-corrected chi connectivity index (χ1v) is 9.81. The van der Waals surface area contributed by atoms with Crippen molar-refractivity contribution in [2.45, 2.75) is 69.0 Å². The van der Waals surface area contributed by atoms with Gasteiger partial charge in [-0.25, -0.2) is 4.79 Å². The fraction of sp³-hybridized carbons (Fsp3) is 0.789. The lowest BCUT2D eigenvalue weighted by Crippen LogP contribution is -2.60. The molecule has 0 aromatic rings. The maximum absolute atomic E-state index is 12.3. The van der Waals surface area contributed by atoms with Crippen LogP contribution in [0.2, 0.25) is 0 Å². The molecule has 2 heterocycles. The van der Waals surface area contributed by atoms with E-state index < -0.39 is 79.1 Å². The Kier molecular flexibility index (Phi) is 6.91. The molecule has 10 atom stereocenters. The van der Waals surface area contributed by atoms with Crippen LogP contribution in [0, 0.1) is 11.8 Å². The molecule has 0 spiro atoms. The smallest absolute Gasteiger partial charge is 0.337 e. The van der Waals surface area contributed by atoms with Crippen LogP contribution in [-0.4, -0.2) is 99.9 Å². The van der Waals surface area contributed by atoms with E-state index in [1.807, 2.05) is 0 Å². The second-order valence-electron chi connectivity index (χ2n) is 8.16. The third-order valence-electron chi connectivity index (χ3n) is 5.96. The number of hydrogen-bond acceptors (Lipinski definition) is 12. The van der Waals surface area contributed by atoms with Crippen LogP contribution in [0.1, 0.15) is 20.3 Å². The molecule has 12 nitrogen and oxygen atoms in total. The average Bonchev–Trinajstić information content (AvgIpc) is 2.98. The average molecular weight is 448 g/mol. The Morgan fingerprint density at radius 2 is 1.87 bits per heavy atom. The first kappa shape index (κ1) is 23.9. The molecule has 1 saturated carbocycles. The van der Waals surface area contributed by atoms with Crippen LogP contribution in [0.3, 0.4) is 0 Å². The van der Waals surface area contributed by atoms with Crippen molar-refractivity contribution in [3.05, 3.63) is 11.8 Å². The van der Waals surface area contributed by atoms with E-state index in [1.165, 1.54) is 21.0 Å². The number of carbonyl (C=O) groups excluding carboxylic acids is 2. The predicted molar refractivity (Wildman–Crippen MR) is 97.6 cm³/mol. The van der Waals surface area contributed by atoms with Crippen molar-refractivity contribution in [3.8, 4) is 0 Å². The highest BCUT2D eigenvalue weighted by Crippen LogP contribution is 2.50. The molecular weight excluding hydrogens is 420 g/mol. The van der Waals surface area contributed by atoms with Gasteiger partial charge in [-0.05, 0) is 6.92 Å². The van der Waals surface area contributed by atoms with Gasteiger partial charge in [0.1, 0.15) is 30.5 Å². The summed E-state index contributed by atoms with van der Waals surface area (Å²) in [5.41, 5.74) is -1.50. The molecule has 0 aromatic heterocycles. The fourth-order valence-corrected chi connectivity index (χ4v) is 4.51. The molecule has 2 fully saturated rings. The number of methoxy groups -OCH3 is 1. The molecule has 3 aliphatic rings. The summed E-state index contributed by atoms with van der Waals surface area (Å²) in [6.45, 7) is 2.01. The van der Waals surface area contributed by atoms with E-state index in [0.29, 0.717) is 0 Å². The predicted octanol–water partition coefficient (Wildman–Crippen LogP) is -2.47. The third kappa shape index (κ3) is 4.42. The van der Waals surface area contributed by atoms with Crippen molar-refractivity contribution in [1.29, 1.82) is 0 Å². The van der Waals surface area contributed by atoms with Gasteiger partial charge in [0.25, 0.3) is 0 Å². The van der Waals surface area contributed by atoms with Gasteiger partial charge >= 0.3 is 11.9 Å². The maximum atomic E-state index is 12.3. The first-order chi connectivity index (χ1) is 14.5. The molecule has 0 amide bonds. The van der Waals surface area contributed by atoms with E-state index in [1.54, 1.807) is 0 Å². The number of ether oxygens (including phenoxy) is 5. The topological polar surface area (TPSA) is 181 Å². The number of carbonyl (C=O) groups is 2.